The number of rotatable bonds is 13. The predicted molar refractivity (Wildman–Crippen MR) is 171 cm³/mol. The Bertz CT molecular complexity index is 1470. The van der Waals surface area contributed by atoms with Crippen molar-refractivity contribution in [3.63, 3.8) is 0 Å². The van der Waals surface area contributed by atoms with Crippen LogP contribution in [0.25, 0.3) is 0 Å². The average Bonchev–Trinajstić information content (AvgIpc) is 3.16. The van der Waals surface area contributed by atoms with Gasteiger partial charge in [-0.3, -0.25) is 4.18 Å². The third-order valence-electron chi connectivity index (χ3n) is 9.72. The summed E-state index contributed by atoms with van der Waals surface area (Å²) in [5, 5.41) is 135. The normalized spacial score (nSPS) is 45.7. The van der Waals surface area contributed by atoms with Crippen LogP contribution in [-0.4, -0.2) is 224 Å². The lowest BCUT2D eigenvalue weighted by molar-refractivity contribution is -0.387. The minimum absolute atomic E-state index is 0.281. The van der Waals surface area contributed by atoms with Gasteiger partial charge in [-0.15, -0.1) is 0 Å². The minimum Gasteiger partial charge on any atom is -0.394 e. The van der Waals surface area contributed by atoms with E-state index in [9.17, 15) is 74.8 Å². The van der Waals surface area contributed by atoms with Gasteiger partial charge in [0.15, 0.2) is 25.2 Å². The van der Waals surface area contributed by atoms with E-state index in [0.717, 1.165) is 5.56 Å². The highest BCUT2D eigenvalue weighted by Gasteiger charge is 2.55. The molecule has 4 saturated heterocycles. The summed E-state index contributed by atoms with van der Waals surface area (Å²) in [6.45, 7) is -1.94. The van der Waals surface area contributed by atoms with E-state index in [0.29, 0.717) is 0 Å². The van der Waals surface area contributed by atoms with Gasteiger partial charge in [-0.2, -0.15) is 8.42 Å². The Morgan fingerprint density at radius 1 is 0.509 bits per heavy atom. The van der Waals surface area contributed by atoms with Crippen molar-refractivity contribution in [3.8, 4) is 0 Å². The van der Waals surface area contributed by atoms with Gasteiger partial charge < -0.3 is 99.5 Å². The molecule has 0 bridgehead atoms. The van der Waals surface area contributed by atoms with Crippen molar-refractivity contribution in [1.82, 2.24) is 0 Å². The van der Waals surface area contributed by atoms with E-state index in [2.05, 4.69) is 0 Å². The number of aryl methyl sites for hydroxylation is 1. The summed E-state index contributed by atoms with van der Waals surface area (Å²) < 4.78 is 69.9. The number of ether oxygens (including phenoxy) is 7. The number of hydrogen-bond donors (Lipinski definition) is 13. The van der Waals surface area contributed by atoms with Gasteiger partial charge in [0.1, 0.15) is 97.7 Å². The molecule has 20 atom stereocenters. The van der Waals surface area contributed by atoms with E-state index >= 15 is 0 Å². The molecule has 1 aromatic rings. The zero-order valence-corrected chi connectivity index (χ0v) is 29.8. The first-order chi connectivity index (χ1) is 25.9. The summed E-state index contributed by atoms with van der Waals surface area (Å²) in [6, 6.07) is 5.48. The molecule has 4 aliphatic rings. The first kappa shape index (κ1) is 44.4. The van der Waals surface area contributed by atoms with Gasteiger partial charge >= 0.3 is 0 Å². The highest BCUT2D eigenvalue weighted by atomic mass is 32.2. The maximum absolute atomic E-state index is 13.1. The second kappa shape index (κ2) is 18.5. The third kappa shape index (κ3) is 9.47. The molecule has 4 aliphatic heterocycles. The summed E-state index contributed by atoms with van der Waals surface area (Å²) in [7, 11) is -4.53. The van der Waals surface area contributed by atoms with Crippen LogP contribution < -0.4 is 0 Å². The first-order valence-corrected chi connectivity index (χ1v) is 18.5. The Labute approximate surface area is 313 Å². The summed E-state index contributed by atoms with van der Waals surface area (Å²) in [4.78, 5) is -0.281. The maximum atomic E-state index is 13.1. The second-order valence-electron chi connectivity index (χ2n) is 13.5. The molecular weight excluding hydrogens is 772 g/mol. The molecule has 13 N–H and O–H groups in total. The van der Waals surface area contributed by atoms with Crippen LogP contribution in [0.4, 0.5) is 0 Å². The fourth-order valence-corrected chi connectivity index (χ4v) is 7.38. The quantitative estimate of drug-likeness (QED) is 0.0822. The second-order valence-corrected chi connectivity index (χ2v) is 15.1. The number of aliphatic hydroxyl groups excluding tert-OH is 13. The average molecular weight is 821 g/mol. The molecule has 0 amide bonds. The van der Waals surface area contributed by atoms with Crippen LogP contribution in [-0.2, 0) is 47.5 Å². The van der Waals surface area contributed by atoms with E-state index in [4.69, 9.17) is 37.3 Å². The molecule has 23 nitrogen and oxygen atoms in total. The molecule has 0 radical (unpaired) electrons. The Hall–Kier alpha value is -1.67. The minimum atomic E-state index is -4.53. The van der Waals surface area contributed by atoms with Gasteiger partial charge in [0.2, 0.25) is 0 Å². The molecule has 55 heavy (non-hydrogen) atoms. The van der Waals surface area contributed by atoms with Gasteiger partial charge in [0, 0.05) is 0 Å². The van der Waals surface area contributed by atoms with E-state index < -0.39 is 159 Å². The zero-order chi connectivity index (χ0) is 40.5. The SMILES string of the molecule is Cc1ccc(S(=O)(=O)OC[C@H]2O[C@H](O[C@H]3[C@H](O)[C@@H](O)[C@@H](O[C@H]4[C@H](O)[C@@H](O)C(O)O[C@@H]4CO)O[C@@H]3CO)[C@H](O)[C@@H](O)[C@@H]2O[C@H]2O[C@H](CO)[C@@H](O)[C@H](O)[C@H]2O)cc1. The van der Waals surface area contributed by atoms with E-state index in [1.807, 2.05) is 0 Å². The topological polar surface area (TPSA) is 371 Å². The molecule has 316 valence electrons. The first-order valence-electron chi connectivity index (χ1n) is 17.1. The molecule has 4 heterocycles. The Morgan fingerprint density at radius 3 is 1.40 bits per heavy atom. The van der Waals surface area contributed by atoms with Gasteiger partial charge in [0.05, 0.1) is 31.3 Å². The molecule has 0 aromatic heterocycles. The molecule has 0 saturated carbocycles. The Balaban J connectivity index is 1.35. The van der Waals surface area contributed by atoms with Crippen molar-refractivity contribution < 1.29 is 112 Å². The van der Waals surface area contributed by atoms with Crippen molar-refractivity contribution in [2.24, 2.45) is 0 Å². The highest BCUT2D eigenvalue weighted by Crippen LogP contribution is 2.34. The van der Waals surface area contributed by atoms with E-state index in [1.54, 1.807) is 6.92 Å². The maximum Gasteiger partial charge on any atom is 0.297 e. The van der Waals surface area contributed by atoms with Gasteiger partial charge in [-0.1, -0.05) is 17.7 Å². The summed E-state index contributed by atoms with van der Waals surface area (Å²) >= 11 is 0. The molecule has 1 unspecified atom stereocenters. The third-order valence-corrected chi connectivity index (χ3v) is 11.0. The monoisotopic (exact) mass is 820 g/mol. The van der Waals surface area contributed by atoms with Crippen molar-refractivity contribution in [1.29, 1.82) is 0 Å². The van der Waals surface area contributed by atoms with Crippen LogP contribution in [0.2, 0.25) is 0 Å². The van der Waals surface area contributed by atoms with Crippen molar-refractivity contribution in [2.75, 3.05) is 26.4 Å². The van der Waals surface area contributed by atoms with Crippen LogP contribution >= 0.6 is 0 Å². The summed E-state index contributed by atoms with van der Waals surface area (Å²) in [6.07, 6.45) is -37.5. The molecule has 1 aromatic carbocycles. The smallest absolute Gasteiger partial charge is 0.297 e. The van der Waals surface area contributed by atoms with Crippen molar-refractivity contribution in [2.45, 2.75) is 135 Å². The summed E-state index contributed by atoms with van der Waals surface area (Å²) in [5.74, 6) is 0. The van der Waals surface area contributed by atoms with Gasteiger partial charge in [-0.05, 0) is 19.1 Å². The van der Waals surface area contributed by atoms with Crippen molar-refractivity contribution >= 4 is 10.1 Å². The zero-order valence-electron chi connectivity index (χ0n) is 29.0. The Kier molecular flexibility index (Phi) is 14.9. The fraction of sp³-hybridized carbons (Fsp3) is 0.806. The van der Waals surface area contributed by atoms with Gasteiger partial charge in [-0.25, -0.2) is 0 Å². The highest BCUT2D eigenvalue weighted by molar-refractivity contribution is 7.86. The van der Waals surface area contributed by atoms with Crippen LogP contribution in [0.5, 0.6) is 0 Å². The van der Waals surface area contributed by atoms with Crippen LogP contribution in [0, 0.1) is 6.92 Å². The van der Waals surface area contributed by atoms with Crippen molar-refractivity contribution in [3.05, 3.63) is 29.8 Å². The van der Waals surface area contributed by atoms with Crippen LogP contribution in [0.1, 0.15) is 5.56 Å². The molecular formula is C31H48O23S. The van der Waals surface area contributed by atoms with Crippen LogP contribution in [0.3, 0.4) is 0 Å². The predicted octanol–water partition coefficient (Wildman–Crippen LogP) is -8.03. The molecule has 0 spiro atoms. The Morgan fingerprint density at radius 2 is 0.909 bits per heavy atom. The standard InChI is InChI=1S/C31H48O23S/c1-10-2-4-11(5-3-10)55(45,46)47-9-15-27(54-29-22(41)17(36)16(35)12(6-32)49-29)20(39)24(43)31(51-15)53-26-14(8-34)50-30(23(42)19(26)38)52-25-13(7-33)48-28(44)21(40)18(25)37/h2-5,12-44H,6-9H2,1H3/t12-,13-,14-,15-,16-,17+,18-,19-,20-,21-,22-,23-,24-,25-,26-,27-,28?,29-,30-,31-/m1/s1. The molecule has 0 aliphatic carbocycles. The largest absolute Gasteiger partial charge is 0.394 e. The fourth-order valence-electron chi connectivity index (χ4n) is 6.46. The van der Waals surface area contributed by atoms with E-state index in [-0.39, 0.29) is 4.90 Å². The molecule has 4 fully saturated rings. The lowest BCUT2D eigenvalue weighted by atomic mass is 9.95. The molecule has 24 heteroatoms. The number of hydrogen-bond acceptors (Lipinski definition) is 23. The van der Waals surface area contributed by atoms with E-state index in [1.165, 1.54) is 24.3 Å². The van der Waals surface area contributed by atoms with Gasteiger partial charge in [0.25, 0.3) is 10.1 Å². The lowest BCUT2D eigenvalue weighted by Crippen LogP contribution is -2.67. The van der Waals surface area contributed by atoms with Crippen LogP contribution in [0.15, 0.2) is 29.2 Å². The molecule has 5 rings (SSSR count). The number of aliphatic hydroxyl groups is 13. The lowest BCUT2D eigenvalue weighted by Gasteiger charge is -2.49. The summed E-state index contributed by atoms with van der Waals surface area (Å²) in [5.41, 5.74) is 0.728. The number of benzene rings is 1.